The molecule has 13 aromatic carbocycles. The highest BCUT2D eigenvalue weighted by molar-refractivity contribution is 6.19. The first-order valence-corrected chi connectivity index (χ1v) is 28.3. The summed E-state index contributed by atoms with van der Waals surface area (Å²) in [5, 5.41) is 4.52. The van der Waals surface area contributed by atoms with Crippen LogP contribution in [-0.4, -0.2) is 4.57 Å². The van der Waals surface area contributed by atoms with Crippen molar-refractivity contribution >= 4 is 60.8 Å². The maximum absolute atomic E-state index is 7.09. The van der Waals surface area contributed by atoms with Crippen LogP contribution in [-0.2, 0) is 5.41 Å². The molecule has 0 saturated carbocycles. The number of nitrogens with zero attached hydrogens (tertiary/aromatic N) is 2. The van der Waals surface area contributed by atoms with E-state index in [0.717, 1.165) is 89.2 Å². The van der Waals surface area contributed by atoms with Gasteiger partial charge in [-0.25, -0.2) is 0 Å². The molecular weight excluding hydrogens is 993 g/mol. The summed E-state index contributed by atoms with van der Waals surface area (Å²) in [6, 6.07) is 112. The van der Waals surface area contributed by atoms with Crippen LogP contribution in [0, 0.1) is 0 Å². The number of fused-ring (bicyclic) bond motifs is 16. The summed E-state index contributed by atoms with van der Waals surface area (Å²) < 4.78 is 9.47. The smallest absolute Gasteiger partial charge is 0.137 e. The minimum absolute atomic E-state index is 0.485. The molecule has 3 nitrogen and oxygen atoms in total. The van der Waals surface area contributed by atoms with E-state index in [1.165, 1.54) is 66.3 Å². The summed E-state index contributed by atoms with van der Waals surface area (Å²) >= 11 is 0. The van der Waals surface area contributed by atoms with E-state index in [1.807, 2.05) is 0 Å². The lowest BCUT2D eigenvalue weighted by Crippen LogP contribution is -2.25. The first-order chi connectivity index (χ1) is 40.7. The Labute approximate surface area is 475 Å². The normalized spacial score (nSPS) is 12.7. The van der Waals surface area contributed by atoms with Crippen molar-refractivity contribution in [1.82, 2.24) is 4.57 Å². The summed E-state index contributed by atoms with van der Waals surface area (Å²) in [4.78, 5) is 2.55. The van der Waals surface area contributed by atoms with Crippen LogP contribution >= 0.6 is 0 Å². The molecule has 0 radical (unpaired) electrons. The lowest BCUT2D eigenvalue weighted by atomic mass is 9.70. The topological polar surface area (TPSA) is 21.3 Å². The van der Waals surface area contributed by atoms with Crippen LogP contribution in [0.1, 0.15) is 22.3 Å². The number of hydrogen-bond acceptors (Lipinski definition) is 2. The minimum atomic E-state index is -0.485. The van der Waals surface area contributed by atoms with Crippen molar-refractivity contribution in [2.75, 3.05) is 4.90 Å². The van der Waals surface area contributed by atoms with E-state index in [9.17, 15) is 0 Å². The van der Waals surface area contributed by atoms with Crippen LogP contribution < -0.4 is 4.90 Å². The van der Waals surface area contributed by atoms with Crippen LogP contribution in [0.25, 0.3) is 116 Å². The molecular formula is C79H50N2O. The Morgan fingerprint density at radius 2 is 0.793 bits per heavy atom. The average molecular weight is 1040 g/mol. The van der Waals surface area contributed by atoms with Crippen molar-refractivity contribution in [1.29, 1.82) is 0 Å². The molecule has 0 bridgehead atoms. The van der Waals surface area contributed by atoms with Gasteiger partial charge in [-0.1, -0.05) is 224 Å². The molecule has 0 N–H and O–H groups in total. The van der Waals surface area contributed by atoms with Crippen molar-refractivity contribution < 1.29 is 4.42 Å². The Balaban J connectivity index is 0.957. The molecule has 82 heavy (non-hydrogen) atoms. The average Bonchev–Trinajstić information content (AvgIpc) is 1.67. The van der Waals surface area contributed by atoms with Crippen molar-refractivity contribution in [2.24, 2.45) is 0 Å². The summed E-state index contributed by atoms with van der Waals surface area (Å²) in [5.74, 6) is 0. The van der Waals surface area contributed by atoms with E-state index in [4.69, 9.17) is 4.42 Å². The molecule has 2 aliphatic rings. The van der Waals surface area contributed by atoms with Crippen LogP contribution in [0.3, 0.4) is 0 Å². The Bertz CT molecular complexity index is 4990. The molecule has 0 amide bonds. The van der Waals surface area contributed by atoms with Gasteiger partial charge in [-0.2, -0.15) is 0 Å². The molecule has 15 aromatic rings. The monoisotopic (exact) mass is 1040 g/mol. The molecule has 0 fully saturated rings. The summed E-state index contributed by atoms with van der Waals surface area (Å²) in [6.45, 7) is 0. The van der Waals surface area contributed by atoms with Crippen LogP contribution in [0.2, 0.25) is 0 Å². The van der Waals surface area contributed by atoms with E-state index < -0.39 is 5.41 Å². The Kier molecular flexibility index (Phi) is 10.2. The van der Waals surface area contributed by atoms with Crippen molar-refractivity contribution in [3.8, 4) is 72.4 Å². The van der Waals surface area contributed by atoms with Gasteiger partial charge in [-0.15, -0.1) is 0 Å². The van der Waals surface area contributed by atoms with Crippen molar-refractivity contribution in [2.45, 2.75) is 5.41 Å². The van der Waals surface area contributed by atoms with Gasteiger partial charge in [0.15, 0.2) is 0 Å². The van der Waals surface area contributed by atoms with Crippen LogP contribution in [0.15, 0.2) is 308 Å². The zero-order valence-electron chi connectivity index (χ0n) is 44.7. The Morgan fingerprint density at radius 3 is 1.48 bits per heavy atom. The fourth-order valence-electron chi connectivity index (χ4n) is 14.1. The first kappa shape index (κ1) is 46.2. The standard InChI is InChI=1S/C79H50N2O/c1-5-21-51(22-6-1)54-37-43-73(64(47-54)53-25-9-3-10-26-53)81(58-40-42-71-65(50-58)62-31-15-19-35-70(62)79(71)68-33-17-13-29-60(68)61-30-14-18-34-69(61)79)78-59(52-23-7-2-8-24-52)41-46-76-77(78)67-49-56(39-45-75(67)82-76)55-38-44-74-66(48-55)63-32-16-20-36-72(63)80(74)57-27-11-4-12-28-57/h1-50H. The molecule has 3 heteroatoms. The van der Waals surface area contributed by atoms with E-state index in [1.54, 1.807) is 0 Å². The second-order valence-corrected chi connectivity index (χ2v) is 21.8. The maximum atomic E-state index is 7.09. The van der Waals surface area contributed by atoms with Gasteiger partial charge in [0.2, 0.25) is 0 Å². The van der Waals surface area contributed by atoms with Gasteiger partial charge >= 0.3 is 0 Å². The van der Waals surface area contributed by atoms with Crippen LogP contribution in [0.5, 0.6) is 0 Å². The third-order valence-corrected chi connectivity index (χ3v) is 17.6. The molecule has 2 heterocycles. The minimum Gasteiger partial charge on any atom is -0.456 e. The van der Waals surface area contributed by atoms with Gasteiger partial charge in [0.1, 0.15) is 11.2 Å². The predicted octanol–water partition coefficient (Wildman–Crippen LogP) is 21.2. The zero-order valence-corrected chi connectivity index (χ0v) is 44.7. The molecule has 0 atom stereocenters. The van der Waals surface area contributed by atoms with E-state index >= 15 is 0 Å². The number of furan rings is 1. The van der Waals surface area contributed by atoms with Crippen LogP contribution in [0.4, 0.5) is 17.1 Å². The number of rotatable bonds is 8. The van der Waals surface area contributed by atoms with E-state index in [0.29, 0.717) is 0 Å². The van der Waals surface area contributed by atoms with Gasteiger partial charge in [-0.3, -0.25) is 0 Å². The molecule has 0 aliphatic heterocycles. The third kappa shape index (κ3) is 6.77. The Hall–Kier alpha value is -10.7. The molecule has 0 saturated heterocycles. The lowest BCUT2D eigenvalue weighted by molar-refractivity contribution is 0.669. The summed E-state index contributed by atoms with van der Waals surface area (Å²) in [6.07, 6.45) is 0. The molecule has 382 valence electrons. The van der Waals surface area contributed by atoms with Gasteiger partial charge in [0.05, 0.1) is 33.2 Å². The first-order valence-electron chi connectivity index (χ1n) is 28.3. The van der Waals surface area contributed by atoms with Gasteiger partial charge < -0.3 is 13.9 Å². The molecule has 17 rings (SSSR count). The van der Waals surface area contributed by atoms with E-state index in [-0.39, 0.29) is 0 Å². The predicted molar refractivity (Wildman–Crippen MR) is 341 cm³/mol. The highest BCUT2D eigenvalue weighted by Gasteiger charge is 2.51. The van der Waals surface area contributed by atoms with Gasteiger partial charge in [-0.05, 0) is 157 Å². The second-order valence-electron chi connectivity index (χ2n) is 21.8. The number of hydrogen-bond donors (Lipinski definition) is 0. The Morgan fingerprint density at radius 1 is 0.293 bits per heavy atom. The van der Waals surface area contributed by atoms with Gasteiger partial charge in [0.25, 0.3) is 0 Å². The number of anilines is 3. The molecule has 0 unspecified atom stereocenters. The fraction of sp³-hybridized carbons (Fsp3) is 0.0127. The fourth-order valence-corrected chi connectivity index (χ4v) is 14.1. The maximum Gasteiger partial charge on any atom is 0.137 e. The third-order valence-electron chi connectivity index (χ3n) is 17.6. The molecule has 2 aromatic heterocycles. The molecule has 2 aliphatic carbocycles. The number of benzene rings is 13. The zero-order chi connectivity index (χ0) is 53.9. The molecule has 1 spiro atoms. The van der Waals surface area contributed by atoms with E-state index in [2.05, 4.69) is 313 Å². The summed E-state index contributed by atoms with van der Waals surface area (Å²) in [5.41, 5.74) is 27.2. The largest absolute Gasteiger partial charge is 0.456 e. The quantitative estimate of drug-likeness (QED) is 0.151. The number of para-hydroxylation sites is 2. The van der Waals surface area contributed by atoms with Crippen molar-refractivity contribution in [3.05, 3.63) is 326 Å². The second kappa shape index (κ2) is 18.2. The van der Waals surface area contributed by atoms with Crippen molar-refractivity contribution in [3.63, 3.8) is 0 Å². The highest BCUT2D eigenvalue weighted by atomic mass is 16.3. The lowest BCUT2D eigenvalue weighted by Gasteiger charge is -2.33. The number of aromatic nitrogens is 1. The van der Waals surface area contributed by atoms with Gasteiger partial charge in [0, 0.05) is 38.7 Å². The summed E-state index contributed by atoms with van der Waals surface area (Å²) in [7, 11) is 0. The highest BCUT2D eigenvalue weighted by Crippen LogP contribution is 2.64. The SMILES string of the molecule is c1ccc(-c2ccc(N(c3ccc4c(c3)-c3ccccc3C43c4ccccc4-c4ccccc43)c3c(-c4ccccc4)ccc4oc5ccc(-c6ccc7c(c6)c6ccccc6n7-c6ccccc6)cc5c34)c(-c3ccccc3)c2)cc1.